The fraction of sp³-hybridized carbons (Fsp3) is 0.200. The molecule has 1 aromatic carbocycles. The molecule has 0 nitrogen and oxygen atoms in total. The van der Waals surface area contributed by atoms with Crippen molar-refractivity contribution in [2.24, 2.45) is 0 Å². The maximum Gasteiger partial charge on any atom is 0.0247 e. The van der Waals surface area contributed by atoms with Gasteiger partial charge in [0.05, 0.1) is 0 Å². The third kappa shape index (κ3) is 2.66. The summed E-state index contributed by atoms with van der Waals surface area (Å²) in [5.41, 5.74) is 2.67. The fourth-order valence-electron chi connectivity index (χ4n) is 0.910. The summed E-state index contributed by atoms with van der Waals surface area (Å²) in [5.74, 6) is 0. The van der Waals surface area contributed by atoms with Crippen LogP contribution in [0.3, 0.4) is 0 Å². The molecular weight excluding hydrogens is 247 g/mol. The Hall–Kier alpha value is -0.310. The van der Waals surface area contributed by atoms with Gasteiger partial charge in [0.1, 0.15) is 0 Å². The summed E-state index contributed by atoms with van der Waals surface area (Å²) in [6, 6.07) is 8.63. The van der Waals surface area contributed by atoms with Gasteiger partial charge in [0, 0.05) is 4.43 Å². The first-order chi connectivity index (χ1) is 5.36. The van der Waals surface area contributed by atoms with Crippen LogP contribution in [0.15, 0.2) is 30.3 Å². The topological polar surface area (TPSA) is 0 Å². The minimum Gasteiger partial charge on any atom is -0.0871 e. The van der Waals surface area contributed by atoms with E-state index in [4.69, 9.17) is 0 Å². The first-order valence-electron chi connectivity index (χ1n) is 3.64. The number of benzene rings is 1. The van der Waals surface area contributed by atoms with Crippen molar-refractivity contribution in [2.75, 3.05) is 0 Å². The zero-order valence-corrected chi connectivity index (χ0v) is 8.71. The zero-order chi connectivity index (χ0) is 8.10. The molecule has 1 aromatic rings. The molecule has 0 aliphatic rings. The van der Waals surface area contributed by atoms with Crippen LogP contribution in [0.5, 0.6) is 0 Å². The lowest BCUT2D eigenvalue weighted by atomic mass is 10.1. The number of rotatable bonds is 2. The molecule has 0 spiro atoms. The van der Waals surface area contributed by atoms with Crippen LogP contribution in [0, 0.1) is 0 Å². The summed E-state index contributed by atoms with van der Waals surface area (Å²) in [6.07, 6.45) is 4.16. The third-order valence-corrected chi connectivity index (χ3v) is 2.37. The van der Waals surface area contributed by atoms with E-state index >= 15 is 0 Å². The summed E-state index contributed by atoms with van der Waals surface area (Å²) >= 11 is 2.37. The van der Waals surface area contributed by atoms with E-state index in [9.17, 15) is 0 Å². The van der Waals surface area contributed by atoms with E-state index in [1.165, 1.54) is 11.1 Å². The molecule has 0 aliphatic carbocycles. The molecule has 0 radical (unpaired) electrons. The number of halogens is 1. The van der Waals surface area contributed by atoms with E-state index < -0.39 is 0 Å². The van der Waals surface area contributed by atoms with E-state index in [0.717, 1.165) is 4.43 Å². The highest BCUT2D eigenvalue weighted by Gasteiger charge is 1.87. The lowest BCUT2D eigenvalue weighted by molar-refractivity contribution is 1.45. The van der Waals surface area contributed by atoms with Gasteiger partial charge in [-0.3, -0.25) is 0 Å². The Kier molecular flexibility index (Phi) is 3.63. The number of hydrogen-bond donors (Lipinski definition) is 0. The highest BCUT2D eigenvalue weighted by atomic mass is 127. The second-order valence-electron chi connectivity index (χ2n) is 2.38. The van der Waals surface area contributed by atoms with Gasteiger partial charge in [0.25, 0.3) is 0 Å². The minimum atomic E-state index is 1.09. The van der Waals surface area contributed by atoms with Crippen LogP contribution >= 0.6 is 22.6 Å². The first-order valence-corrected chi connectivity index (χ1v) is 5.17. The molecule has 58 valence electrons. The van der Waals surface area contributed by atoms with Gasteiger partial charge < -0.3 is 0 Å². The van der Waals surface area contributed by atoms with Crippen molar-refractivity contribution in [3.63, 3.8) is 0 Å². The minimum absolute atomic E-state index is 1.09. The first kappa shape index (κ1) is 8.78. The fourth-order valence-corrected chi connectivity index (χ4v) is 1.42. The Bertz CT molecular complexity index is 234. The molecule has 0 amide bonds. The van der Waals surface area contributed by atoms with Gasteiger partial charge in [0.15, 0.2) is 0 Å². The van der Waals surface area contributed by atoms with Crippen LogP contribution in [0.2, 0.25) is 0 Å². The van der Waals surface area contributed by atoms with Crippen molar-refractivity contribution in [1.29, 1.82) is 0 Å². The highest BCUT2D eigenvalue weighted by Crippen LogP contribution is 2.08. The maximum atomic E-state index is 2.37. The van der Waals surface area contributed by atoms with Crippen LogP contribution in [0.25, 0.3) is 6.08 Å². The molecule has 0 saturated carbocycles. The van der Waals surface area contributed by atoms with Gasteiger partial charge >= 0.3 is 0 Å². The molecule has 0 N–H and O–H groups in total. The van der Waals surface area contributed by atoms with Crippen molar-refractivity contribution in [2.45, 2.75) is 11.4 Å². The summed E-state index contributed by atoms with van der Waals surface area (Å²) in [7, 11) is 0. The van der Waals surface area contributed by atoms with Crippen molar-refractivity contribution < 1.29 is 0 Å². The molecule has 0 fully saturated rings. The maximum absolute atomic E-state index is 2.37. The van der Waals surface area contributed by atoms with Crippen LogP contribution < -0.4 is 0 Å². The molecule has 0 saturated heterocycles. The van der Waals surface area contributed by atoms with E-state index in [2.05, 4.69) is 59.0 Å². The SMILES string of the molecule is C/C=C/c1ccc(CI)cc1. The Morgan fingerprint density at radius 3 is 2.36 bits per heavy atom. The van der Waals surface area contributed by atoms with Gasteiger partial charge in [-0.2, -0.15) is 0 Å². The van der Waals surface area contributed by atoms with E-state index in [0.29, 0.717) is 0 Å². The molecule has 1 rings (SSSR count). The van der Waals surface area contributed by atoms with E-state index in [-0.39, 0.29) is 0 Å². The van der Waals surface area contributed by atoms with Crippen LogP contribution in [0.1, 0.15) is 18.1 Å². The van der Waals surface area contributed by atoms with Gasteiger partial charge in [-0.15, -0.1) is 0 Å². The van der Waals surface area contributed by atoms with Gasteiger partial charge in [0.2, 0.25) is 0 Å². The average molecular weight is 258 g/mol. The molecule has 1 heteroatoms. The Labute approximate surface area is 81.5 Å². The number of hydrogen-bond acceptors (Lipinski definition) is 0. The van der Waals surface area contributed by atoms with Gasteiger partial charge in [-0.25, -0.2) is 0 Å². The molecule has 0 aliphatic heterocycles. The molecule has 0 heterocycles. The second kappa shape index (κ2) is 4.54. The number of allylic oxidation sites excluding steroid dienone is 1. The standard InChI is InChI=1S/C10H11I/c1-2-3-9-4-6-10(8-11)7-5-9/h2-7H,8H2,1H3/b3-2+. The Balaban J connectivity index is 2.82. The van der Waals surface area contributed by atoms with Crippen molar-refractivity contribution >= 4 is 28.7 Å². The third-order valence-electron chi connectivity index (χ3n) is 1.49. The quantitative estimate of drug-likeness (QED) is 0.561. The predicted octanol–water partition coefficient (Wildman–Crippen LogP) is 3.65. The Morgan fingerprint density at radius 2 is 1.91 bits per heavy atom. The lowest BCUT2D eigenvalue weighted by Gasteiger charge is -1.95. The second-order valence-corrected chi connectivity index (χ2v) is 3.14. The lowest BCUT2D eigenvalue weighted by Crippen LogP contribution is -1.76. The largest absolute Gasteiger partial charge is 0.0871 e. The van der Waals surface area contributed by atoms with Gasteiger partial charge in [-0.1, -0.05) is 59.0 Å². The summed E-state index contributed by atoms with van der Waals surface area (Å²) in [4.78, 5) is 0. The van der Waals surface area contributed by atoms with Crippen LogP contribution in [-0.2, 0) is 4.43 Å². The van der Waals surface area contributed by atoms with Crippen LogP contribution in [-0.4, -0.2) is 0 Å². The average Bonchev–Trinajstić information content (AvgIpc) is 2.07. The molecule has 11 heavy (non-hydrogen) atoms. The molecular formula is C10H11I. The highest BCUT2D eigenvalue weighted by molar-refractivity contribution is 14.1. The van der Waals surface area contributed by atoms with Crippen molar-refractivity contribution in [3.8, 4) is 0 Å². The normalized spacial score (nSPS) is 10.7. The van der Waals surface area contributed by atoms with Gasteiger partial charge in [-0.05, 0) is 18.1 Å². The molecule has 0 unspecified atom stereocenters. The van der Waals surface area contributed by atoms with E-state index in [1.54, 1.807) is 0 Å². The number of alkyl halides is 1. The summed E-state index contributed by atoms with van der Waals surface area (Å²) in [5, 5.41) is 0. The predicted molar refractivity (Wildman–Crippen MR) is 58.9 cm³/mol. The molecule has 0 atom stereocenters. The van der Waals surface area contributed by atoms with Crippen LogP contribution in [0.4, 0.5) is 0 Å². The smallest absolute Gasteiger partial charge is 0.0247 e. The van der Waals surface area contributed by atoms with Crippen molar-refractivity contribution in [1.82, 2.24) is 0 Å². The summed E-state index contributed by atoms with van der Waals surface area (Å²) < 4.78 is 1.09. The molecule has 0 aromatic heterocycles. The summed E-state index contributed by atoms with van der Waals surface area (Å²) in [6.45, 7) is 2.03. The molecule has 0 bridgehead atoms. The zero-order valence-electron chi connectivity index (χ0n) is 6.55. The monoisotopic (exact) mass is 258 g/mol. The Morgan fingerprint density at radius 1 is 1.27 bits per heavy atom. The van der Waals surface area contributed by atoms with Crippen molar-refractivity contribution in [3.05, 3.63) is 41.5 Å². The van der Waals surface area contributed by atoms with E-state index in [1.807, 2.05) is 6.92 Å².